The topological polar surface area (TPSA) is 55.8 Å². The molecular weight excluding hydrogens is 215 g/mol. The van der Waals surface area contributed by atoms with Crippen molar-refractivity contribution in [2.24, 2.45) is 0 Å². The van der Waals surface area contributed by atoms with Crippen molar-refractivity contribution in [1.82, 2.24) is 0 Å². The van der Waals surface area contributed by atoms with E-state index in [1.165, 1.54) is 18.2 Å². The number of hydrogen-bond acceptors (Lipinski definition) is 3. The van der Waals surface area contributed by atoms with Gasteiger partial charge < -0.3 is 14.6 Å². The molecule has 88 valence electrons. The molecule has 0 saturated heterocycles. The van der Waals surface area contributed by atoms with E-state index in [1.807, 2.05) is 0 Å². The van der Waals surface area contributed by atoms with E-state index in [0.717, 1.165) is 0 Å². The predicted molar refractivity (Wildman–Crippen MR) is 54.9 cm³/mol. The fourth-order valence-corrected chi connectivity index (χ4v) is 1.12. The lowest BCUT2D eigenvalue weighted by atomic mass is 10.3. The third-order valence-corrected chi connectivity index (χ3v) is 1.87. The standard InChI is InChI=1S/C11H13FO4/c1-2-15-10(11(13)14)7-16-9-6-4-3-5-8(9)12/h3-6,10H,2,7H2,1H3,(H,13,14). The molecule has 0 aliphatic heterocycles. The number of para-hydroxylation sites is 1. The second-order valence-corrected chi connectivity index (χ2v) is 3.02. The molecule has 1 unspecified atom stereocenters. The van der Waals surface area contributed by atoms with Gasteiger partial charge in [-0.1, -0.05) is 12.1 Å². The molecule has 0 aromatic heterocycles. The highest BCUT2D eigenvalue weighted by Gasteiger charge is 2.18. The molecule has 16 heavy (non-hydrogen) atoms. The lowest BCUT2D eigenvalue weighted by Gasteiger charge is -2.13. The van der Waals surface area contributed by atoms with Crippen LogP contribution in [0.1, 0.15) is 6.92 Å². The Morgan fingerprint density at radius 2 is 2.19 bits per heavy atom. The van der Waals surface area contributed by atoms with Gasteiger partial charge >= 0.3 is 5.97 Å². The fraction of sp³-hybridized carbons (Fsp3) is 0.364. The van der Waals surface area contributed by atoms with E-state index in [0.29, 0.717) is 0 Å². The smallest absolute Gasteiger partial charge is 0.336 e. The van der Waals surface area contributed by atoms with Gasteiger partial charge in [0.05, 0.1) is 0 Å². The van der Waals surface area contributed by atoms with Gasteiger partial charge in [-0.3, -0.25) is 0 Å². The van der Waals surface area contributed by atoms with Crippen molar-refractivity contribution in [1.29, 1.82) is 0 Å². The quantitative estimate of drug-likeness (QED) is 0.805. The summed E-state index contributed by atoms with van der Waals surface area (Å²) < 4.78 is 23.1. The van der Waals surface area contributed by atoms with Crippen LogP contribution in [0, 0.1) is 5.82 Å². The summed E-state index contributed by atoms with van der Waals surface area (Å²) >= 11 is 0. The summed E-state index contributed by atoms with van der Waals surface area (Å²) in [7, 11) is 0. The summed E-state index contributed by atoms with van der Waals surface area (Å²) in [6.07, 6.45) is -1.08. The fourth-order valence-electron chi connectivity index (χ4n) is 1.12. The van der Waals surface area contributed by atoms with Crippen LogP contribution in [-0.4, -0.2) is 30.4 Å². The molecule has 1 atom stereocenters. The first-order valence-corrected chi connectivity index (χ1v) is 4.87. The van der Waals surface area contributed by atoms with Gasteiger partial charge in [-0.25, -0.2) is 9.18 Å². The van der Waals surface area contributed by atoms with E-state index in [2.05, 4.69) is 0 Å². The maximum absolute atomic E-state index is 13.1. The van der Waals surface area contributed by atoms with Crippen LogP contribution >= 0.6 is 0 Å². The van der Waals surface area contributed by atoms with Crippen LogP contribution in [0.2, 0.25) is 0 Å². The molecule has 0 radical (unpaired) electrons. The second kappa shape index (κ2) is 6.07. The van der Waals surface area contributed by atoms with Crippen molar-refractivity contribution in [2.45, 2.75) is 13.0 Å². The SMILES string of the molecule is CCOC(COc1ccccc1F)C(=O)O. The van der Waals surface area contributed by atoms with Crippen LogP contribution in [0.25, 0.3) is 0 Å². The predicted octanol–water partition coefficient (Wildman–Crippen LogP) is 1.69. The molecule has 0 aliphatic rings. The Labute approximate surface area is 92.6 Å². The van der Waals surface area contributed by atoms with Gasteiger partial charge in [-0.05, 0) is 19.1 Å². The zero-order valence-corrected chi connectivity index (χ0v) is 8.85. The molecule has 0 heterocycles. The zero-order valence-electron chi connectivity index (χ0n) is 8.85. The molecule has 0 fully saturated rings. The summed E-state index contributed by atoms with van der Waals surface area (Å²) in [6.45, 7) is 1.72. The van der Waals surface area contributed by atoms with Gasteiger partial charge in [-0.15, -0.1) is 0 Å². The van der Waals surface area contributed by atoms with Crippen molar-refractivity contribution < 1.29 is 23.8 Å². The van der Waals surface area contributed by atoms with E-state index in [9.17, 15) is 9.18 Å². The normalized spacial score (nSPS) is 12.1. The van der Waals surface area contributed by atoms with Crippen molar-refractivity contribution in [2.75, 3.05) is 13.2 Å². The number of halogens is 1. The van der Waals surface area contributed by atoms with E-state index in [4.69, 9.17) is 14.6 Å². The molecule has 0 amide bonds. The van der Waals surface area contributed by atoms with Crippen molar-refractivity contribution in [3.63, 3.8) is 0 Å². The van der Waals surface area contributed by atoms with E-state index in [1.54, 1.807) is 13.0 Å². The highest BCUT2D eigenvalue weighted by atomic mass is 19.1. The van der Waals surface area contributed by atoms with Crippen molar-refractivity contribution in [3.8, 4) is 5.75 Å². The van der Waals surface area contributed by atoms with Gasteiger partial charge in [0.2, 0.25) is 0 Å². The second-order valence-electron chi connectivity index (χ2n) is 3.02. The van der Waals surface area contributed by atoms with Gasteiger partial charge in [-0.2, -0.15) is 0 Å². The lowest BCUT2D eigenvalue weighted by molar-refractivity contribution is -0.152. The Hall–Kier alpha value is -1.62. The molecule has 0 aliphatic carbocycles. The number of carboxylic acid groups (broad SMARTS) is 1. The molecule has 1 aromatic carbocycles. The number of rotatable bonds is 6. The van der Waals surface area contributed by atoms with Crippen LogP contribution in [0.4, 0.5) is 4.39 Å². The molecular formula is C11H13FO4. The third-order valence-electron chi connectivity index (χ3n) is 1.87. The molecule has 5 heteroatoms. The first kappa shape index (κ1) is 12.4. The van der Waals surface area contributed by atoms with Gasteiger partial charge in [0.25, 0.3) is 0 Å². The highest BCUT2D eigenvalue weighted by Crippen LogP contribution is 2.15. The van der Waals surface area contributed by atoms with Gasteiger partial charge in [0.1, 0.15) is 6.61 Å². The minimum Gasteiger partial charge on any atom is -0.487 e. The van der Waals surface area contributed by atoms with Crippen LogP contribution < -0.4 is 4.74 Å². The van der Waals surface area contributed by atoms with Crippen molar-refractivity contribution >= 4 is 5.97 Å². The number of hydrogen-bond donors (Lipinski definition) is 1. The van der Waals surface area contributed by atoms with Crippen LogP contribution in [0.5, 0.6) is 5.75 Å². The average molecular weight is 228 g/mol. The minimum atomic E-state index is -1.13. The van der Waals surface area contributed by atoms with E-state index >= 15 is 0 Å². The van der Waals surface area contributed by atoms with E-state index < -0.39 is 17.9 Å². The molecule has 0 saturated carbocycles. The lowest BCUT2D eigenvalue weighted by Crippen LogP contribution is -2.30. The molecule has 0 spiro atoms. The first-order valence-electron chi connectivity index (χ1n) is 4.87. The maximum atomic E-state index is 13.1. The average Bonchev–Trinajstić information content (AvgIpc) is 2.26. The summed E-state index contributed by atoms with van der Waals surface area (Å²) in [5, 5.41) is 8.75. The number of carboxylic acids is 1. The molecule has 1 rings (SSSR count). The Kier molecular flexibility index (Phi) is 4.72. The molecule has 4 nitrogen and oxygen atoms in total. The van der Waals surface area contributed by atoms with Gasteiger partial charge in [0.15, 0.2) is 17.7 Å². The Bertz CT molecular complexity index is 354. The summed E-state index contributed by atoms with van der Waals surface area (Å²) in [5.41, 5.74) is 0. The van der Waals surface area contributed by atoms with Gasteiger partial charge in [0, 0.05) is 6.61 Å². The number of benzene rings is 1. The van der Waals surface area contributed by atoms with E-state index in [-0.39, 0.29) is 19.0 Å². The largest absolute Gasteiger partial charge is 0.487 e. The summed E-state index contributed by atoms with van der Waals surface area (Å²) in [5.74, 6) is -1.63. The number of aliphatic carboxylic acids is 1. The Morgan fingerprint density at radius 3 is 2.75 bits per heavy atom. The Balaban J connectivity index is 2.55. The summed E-state index contributed by atoms with van der Waals surface area (Å²) in [6, 6.07) is 5.81. The number of carbonyl (C=O) groups is 1. The molecule has 1 aromatic rings. The minimum absolute atomic E-state index is 0.0217. The Morgan fingerprint density at radius 1 is 1.50 bits per heavy atom. The first-order chi connectivity index (χ1) is 7.65. The monoisotopic (exact) mass is 228 g/mol. The molecule has 0 bridgehead atoms. The number of ether oxygens (including phenoxy) is 2. The third kappa shape index (κ3) is 3.51. The zero-order chi connectivity index (χ0) is 12.0. The highest BCUT2D eigenvalue weighted by molar-refractivity contribution is 5.72. The van der Waals surface area contributed by atoms with Crippen LogP contribution in [0.3, 0.4) is 0 Å². The summed E-state index contributed by atoms with van der Waals surface area (Å²) in [4.78, 5) is 10.7. The maximum Gasteiger partial charge on any atom is 0.336 e. The van der Waals surface area contributed by atoms with Crippen LogP contribution in [-0.2, 0) is 9.53 Å². The molecule has 1 N–H and O–H groups in total. The van der Waals surface area contributed by atoms with Crippen molar-refractivity contribution in [3.05, 3.63) is 30.1 Å². The van der Waals surface area contributed by atoms with Crippen LogP contribution in [0.15, 0.2) is 24.3 Å².